The maximum atomic E-state index is 12.4. The predicted octanol–water partition coefficient (Wildman–Crippen LogP) is 0.332. The van der Waals surface area contributed by atoms with Crippen LogP contribution < -0.4 is 5.32 Å². The molecule has 1 aromatic heterocycles. The Hall–Kier alpha value is -1.46. The van der Waals surface area contributed by atoms with Gasteiger partial charge in [0.25, 0.3) is 0 Å². The smallest absolute Gasteiger partial charge is 0.241 e. The lowest BCUT2D eigenvalue weighted by Crippen LogP contribution is -2.61. The average molecular weight is 262 g/mol. The van der Waals surface area contributed by atoms with Gasteiger partial charge in [-0.25, -0.2) is 0 Å². The summed E-state index contributed by atoms with van der Waals surface area (Å²) in [7, 11) is 3.97. The van der Waals surface area contributed by atoms with Crippen molar-refractivity contribution in [2.24, 2.45) is 0 Å². The van der Waals surface area contributed by atoms with Crippen molar-refractivity contribution in [3.8, 4) is 0 Å². The van der Waals surface area contributed by atoms with Crippen molar-refractivity contribution in [3.05, 3.63) is 30.1 Å². The number of nitrogens with one attached hydrogen (secondary N) is 1. The molecular weight excluding hydrogens is 240 g/mol. The molecule has 1 aliphatic heterocycles. The number of carbonyl (C=O) groups is 1. The largest absolute Gasteiger partial charge is 0.335 e. The molecular formula is C14H22N4O. The molecule has 1 saturated heterocycles. The zero-order chi connectivity index (χ0) is 13.8. The number of nitrogens with zero attached hydrogens (tertiary/aromatic N) is 3. The normalized spacial score (nSPS) is 24.0. The van der Waals surface area contributed by atoms with E-state index in [9.17, 15) is 4.79 Å². The fraction of sp³-hybridized carbons (Fsp3) is 0.571. The van der Waals surface area contributed by atoms with Crippen LogP contribution in [0.1, 0.15) is 12.5 Å². The summed E-state index contributed by atoms with van der Waals surface area (Å²) in [4.78, 5) is 20.5. The molecule has 2 heterocycles. The number of rotatable bonds is 4. The summed E-state index contributed by atoms with van der Waals surface area (Å²) >= 11 is 0. The number of aromatic nitrogens is 1. The summed E-state index contributed by atoms with van der Waals surface area (Å²) in [6.45, 7) is 4.23. The van der Waals surface area contributed by atoms with Gasteiger partial charge in [-0.1, -0.05) is 6.07 Å². The van der Waals surface area contributed by atoms with Gasteiger partial charge in [0.1, 0.15) is 0 Å². The third-order valence-corrected chi connectivity index (χ3v) is 3.23. The second-order valence-electron chi connectivity index (χ2n) is 5.46. The molecule has 1 aliphatic rings. The molecule has 1 fully saturated rings. The van der Waals surface area contributed by atoms with Gasteiger partial charge < -0.3 is 15.1 Å². The van der Waals surface area contributed by atoms with Gasteiger partial charge in [-0.15, -0.1) is 0 Å². The van der Waals surface area contributed by atoms with E-state index in [2.05, 4.69) is 17.2 Å². The van der Waals surface area contributed by atoms with Crippen LogP contribution in [0.25, 0.3) is 0 Å². The van der Waals surface area contributed by atoms with Crippen LogP contribution in [-0.2, 0) is 11.3 Å². The van der Waals surface area contributed by atoms with Gasteiger partial charge in [-0.3, -0.25) is 9.78 Å². The van der Waals surface area contributed by atoms with Crippen LogP contribution in [0.15, 0.2) is 24.5 Å². The van der Waals surface area contributed by atoms with Crippen molar-refractivity contribution < 1.29 is 4.79 Å². The summed E-state index contributed by atoms with van der Waals surface area (Å²) in [5, 5.41) is 3.36. The van der Waals surface area contributed by atoms with E-state index in [0.29, 0.717) is 12.6 Å². The van der Waals surface area contributed by atoms with Gasteiger partial charge in [-0.2, -0.15) is 0 Å². The third kappa shape index (κ3) is 3.75. The zero-order valence-electron chi connectivity index (χ0n) is 11.8. The van der Waals surface area contributed by atoms with Gasteiger partial charge in [0.15, 0.2) is 0 Å². The second kappa shape index (κ2) is 6.12. The summed E-state index contributed by atoms with van der Waals surface area (Å²) in [5.74, 6) is 0.177. The molecule has 19 heavy (non-hydrogen) atoms. The van der Waals surface area contributed by atoms with Gasteiger partial charge >= 0.3 is 0 Å². The van der Waals surface area contributed by atoms with Gasteiger partial charge in [0.05, 0.1) is 6.04 Å². The predicted molar refractivity (Wildman–Crippen MR) is 74.6 cm³/mol. The fourth-order valence-electron chi connectivity index (χ4n) is 2.46. The first-order valence-corrected chi connectivity index (χ1v) is 6.64. The average Bonchev–Trinajstić information content (AvgIpc) is 2.35. The Morgan fingerprint density at radius 2 is 2.32 bits per heavy atom. The maximum absolute atomic E-state index is 12.4. The van der Waals surface area contributed by atoms with Crippen molar-refractivity contribution in [2.45, 2.75) is 25.6 Å². The lowest BCUT2D eigenvalue weighted by atomic mass is 10.1. The van der Waals surface area contributed by atoms with Crippen LogP contribution in [0.5, 0.6) is 0 Å². The number of likely N-dealkylation sites (N-methyl/N-ethyl adjacent to an activating group) is 1. The monoisotopic (exact) mass is 262 g/mol. The highest BCUT2D eigenvalue weighted by atomic mass is 16.2. The first kappa shape index (κ1) is 14.0. The van der Waals surface area contributed by atoms with Gasteiger partial charge in [0, 0.05) is 38.1 Å². The first-order valence-electron chi connectivity index (χ1n) is 6.64. The molecule has 5 nitrogen and oxygen atoms in total. The number of amides is 1. The Labute approximate surface area is 114 Å². The molecule has 5 heteroatoms. The Bertz CT molecular complexity index is 419. The molecule has 1 aromatic rings. The van der Waals surface area contributed by atoms with E-state index in [1.165, 1.54) is 0 Å². The highest BCUT2D eigenvalue weighted by Crippen LogP contribution is 2.11. The molecule has 0 bridgehead atoms. The van der Waals surface area contributed by atoms with Gasteiger partial charge in [-0.05, 0) is 32.6 Å². The highest BCUT2D eigenvalue weighted by molar-refractivity contribution is 5.83. The van der Waals surface area contributed by atoms with E-state index in [0.717, 1.165) is 18.7 Å². The molecule has 0 aromatic carbocycles. The molecule has 2 atom stereocenters. The fourth-order valence-corrected chi connectivity index (χ4v) is 2.46. The minimum absolute atomic E-state index is 0.115. The lowest BCUT2D eigenvalue weighted by Gasteiger charge is -2.38. The van der Waals surface area contributed by atoms with Crippen LogP contribution in [-0.4, -0.2) is 60.0 Å². The molecule has 0 spiro atoms. The number of hydrogen-bond donors (Lipinski definition) is 1. The third-order valence-electron chi connectivity index (χ3n) is 3.23. The number of pyridine rings is 1. The number of piperazine rings is 1. The van der Waals surface area contributed by atoms with Crippen LogP contribution in [0.2, 0.25) is 0 Å². The molecule has 104 valence electrons. The summed E-state index contributed by atoms with van der Waals surface area (Å²) in [6.07, 6.45) is 3.57. The SMILES string of the molecule is CC1CN(Cc2cccnc2)C(=O)C(CN(C)C)N1. The van der Waals surface area contributed by atoms with E-state index in [1.807, 2.05) is 42.2 Å². The van der Waals surface area contributed by atoms with E-state index in [1.54, 1.807) is 6.20 Å². The Balaban J connectivity index is 2.05. The van der Waals surface area contributed by atoms with Crippen LogP contribution in [0.4, 0.5) is 0 Å². The van der Waals surface area contributed by atoms with E-state index in [4.69, 9.17) is 0 Å². The molecule has 1 N–H and O–H groups in total. The Morgan fingerprint density at radius 1 is 1.53 bits per heavy atom. The summed E-state index contributed by atoms with van der Waals surface area (Å²) in [5.41, 5.74) is 1.08. The van der Waals surface area contributed by atoms with E-state index >= 15 is 0 Å². The minimum Gasteiger partial charge on any atom is -0.335 e. The second-order valence-corrected chi connectivity index (χ2v) is 5.46. The number of hydrogen-bond acceptors (Lipinski definition) is 4. The molecule has 2 unspecified atom stereocenters. The molecule has 0 aliphatic carbocycles. The highest BCUT2D eigenvalue weighted by Gasteiger charge is 2.31. The molecule has 0 radical (unpaired) electrons. The van der Waals surface area contributed by atoms with Crippen LogP contribution in [0.3, 0.4) is 0 Å². The van der Waals surface area contributed by atoms with Crippen molar-refractivity contribution in [1.82, 2.24) is 20.1 Å². The van der Waals surface area contributed by atoms with E-state index < -0.39 is 0 Å². The van der Waals surface area contributed by atoms with Crippen molar-refractivity contribution in [1.29, 1.82) is 0 Å². The Morgan fingerprint density at radius 3 is 2.95 bits per heavy atom. The topological polar surface area (TPSA) is 48.5 Å². The quantitative estimate of drug-likeness (QED) is 0.849. The standard InChI is InChI=1S/C14H22N4O/c1-11-8-18(9-12-5-4-6-15-7-12)14(19)13(16-11)10-17(2)3/h4-7,11,13,16H,8-10H2,1-3H3. The number of carbonyl (C=O) groups excluding carboxylic acids is 1. The molecule has 2 rings (SSSR count). The molecule has 0 saturated carbocycles. The van der Waals surface area contributed by atoms with Crippen molar-refractivity contribution >= 4 is 5.91 Å². The van der Waals surface area contributed by atoms with Crippen LogP contribution >= 0.6 is 0 Å². The molecule has 1 amide bonds. The van der Waals surface area contributed by atoms with Crippen molar-refractivity contribution in [3.63, 3.8) is 0 Å². The Kier molecular flexibility index (Phi) is 4.50. The minimum atomic E-state index is -0.115. The summed E-state index contributed by atoms with van der Waals surface area (Å²) < 4.78 is 0. The van der Waals surface area contributed by atoms with Gasteiger partial charge in [0.2, 0.25) is 5.91 Å². The lowest BCUT2D eigenvalue weighted by molar-refractivity contribution is -0.137. The van der Waals surface area contributed by atoms with E-state index in [-0.39, 0.29) is 11.9 Å². The van der Waals surface area contributed by atoms with Crippen molar-refractivity contribution in [2.75, 3.05) is 27.2 Å². The zero-order valence-corrected chi connectivity index (χ0v) is 11.8. The van der Waals surface area contributed by atoms with Crippen LogP contribution in [0, 0.1) is 0 Å². The summed E-state index contributed by atoms with van der Waals surface area (Å²) in [6, 6.07) is 4.12. The maximum Gasteiger partial charge on any atom is 0.241 e. The first-order chi connectivity index (χ1) is 9.06.